The number of rotatable bonds is 12. The number of hydrogen-bond donors (Lipinski definition) is 1. The van der Waals surface area contributed by atoms with E-state index in [0.29, 0.717) is 12.2 Å². The minimum Gasteiger partial charge on any atom is -0.352 e. The summed E-state index contributed by atoms with van der Waals surface area (Å²) in [6.07, 6.45) is 1.20. The van der Waals surface area contributed by atoms with Gasteiger partial charge < -0.3 is 10.2 Å². The Morgan fingerprint density at radius 3 is 2.31 bits per heavy atom. The average Bonchev–Trinajstić information content (AvgIpc) is 2.87. The highest BCUT2D eigenvalue weighted by Gasteiger charge is 2.30. The van der Waals surface area contributed by atoms with Gasteiger partial charge in [-0.1, -0.05) is 79.2 Å². The Bertz CT molecular complexity index is 1120. The van der Waals surface area contributed by atoms with Gasteiger partial charge in [-0.3, -0.25) is 9.59 Å². The van der Waals surface area contributed by atoms with Crippen LogP contribution >= 0.6 is 11.8 Å². The fraction of sp³-hybridized carbons (Fsp3) is 0.333. The number of carbonyl (C=O) groups is 2. The van der Waals surface area contributed by atoms with Crippen molar-refractivity contribution in [3.8, 4) is 0 Å². The SMILES string of the molecule is CC[C@H](C)NC(=O)[C@H](Cc1ccccc1)N(Cc1ccc(F)cc1)C(=O)CSCc1cccc(C)c1. The van der Waals surface area contributed by atoms with E-state index in [0.717, 1.165) is 23.1 Å². The number of carbonyl (C=O) groups excluding carboxylic acids is 2. The summed E-state index contributed by atoms with van der Waals surface area (Å²) in [5.41, 5.74) is 4.10. The number of halogens is 1. The molecule has 0 heterocycles. The molecule has 0 aliphatic carbocycles. The van der Waals surface area contributed by atoms with E-state index in [2.05, 4.69) is 17.4 Å². The molecule has 2 amide bonds. The van der Waals surface area contributed by atoms with Crippen LogP contribution in [-0.2, 0) is 28.3 Å². The molecule has 3 aromatic rings. The molecule has 2 atom stereocenters. The van der Waals surface area contributed by atoms with Crippen LogP contribution in [0.5, 0.6) is 0 Å². The fourth-order valence-corrected chi connectivity index (χ4v) is 4.78. The third kappa shape index (κ3) is 8.52. The maximum absolute atomic E-state index is 13.6. The summed E-state index contributed by atoms with van der Waals surface area (Å²) < 4.78 is 13.5. The van der Waals surface area contributed by atoms with Crippen molar-refractivity contribution in [1.82, 2.24) is 10.2 Å². The summed E-state index contributed by atoms with van der Waals surface area (Å²) in [4.78, 5) is 28.7. The Hall–Kier alpha value is -3.12. The van der Waals surface area contributed by atoms with Crippen molar-refractivity contribution >= 4 is 23.6 Å². The van der Waals surface area contributed by atoms with Gasteiger partial charge in [0.15, 0.2) is 0 Å². The van der Waals surface area contributed by atoms with Gasteiger partial charge in [0.05, 0.1) is 5.75 Å². The number of thioether (sulfide) groups is 1. The maximum Gasteiger partial charge on any atom is 0.243 e. The first-order valence-electron chi connectivity index (χ1n) is 12.4. The zero-order valence-electron chi connectivity index (χ0n) is 21.2. The van der Waals surface area contributed by atoms with Gasteiger partial charge in [0, 0.05) is 24.8 Å². The van der Waals surface area contributed by atoms with Crippen LogP contribution in [0.4, 0.5) is 4.39 Å². The van der Waals surface area contributed by atoms with Crippen LogP contribution in [0.2, 0.25) is 0 Å². The van der Waals surface area contributed by atoms with Crippen LogP contribution in [0.25, 0.3) is 0 Å². The zero-order valence-corrected chi connectivity index (χ0v) is 22.1. The number of nitrogens with zero attached hydrogens (tertiary/aromatic N) is 1. The minimum absolute atomic E-state index is 0.00533. The summed E-state index contributed by atoms with van der Waals surface area (Å²) in [7, 11) is 0. The normalized spacial score (nSPS) is 12.6. The molecule has 0 bridgehead atoms. The van der Waals surface area contributed by atoms with E-state index in [1.165, 1.54) is 29.5 Å². The summed E-state index contributed by atoms with van der Waals surface area (Å²) in [5, 5.41) is 3.07. The van der Waals surface area contributed by atoms with Crippen LogP contribution in [-0.4, -0.2) is 34.6 Å². The van der Waals surface area contributed by atoms with Gasteiger partial charge in [-0.2, -0.15) is 0 Å². The molecule has 0 spiro atoms. The summed E-state index contributed by atoms with van der Waals surface area (Å²) in [5.74, 6) is 0.335. The molecule has 0 saturated heterocycles. The number of benzene rings is 3. The highest BCUT2D eigenvalue weighted by Crippen LogP contribution is 2.19. The first-order chi connectivity index (χ1) is 17.4. The van der Waals surface area contributed by atoms with E-state index in [-0.39, 0.29) is 36.0 Å². The zero-order chi connectivity index (χ0) is 25.9. The highest BCUT2D eigenvalue weighted by molar-refractivity contribution is 7.99. The van der Waals surface area contributed by atoms with Crippen LogP contribution in [0.15, 0.2) is 78.9 Å². The second-order valence-electron chi connectivity index (χ2n) is 9.15. The molecule has 0 radical (unpaired) electrons. The van der Waals surface area contributed by atoms with E-state index >= 15 is 0 Å². The number of hydrogen-bond acceptors (Lipinski definition) is 3. The monoisotopic (exact) mass is 506 g/mol. The van der Waals surface area contributed by atoms with Crippen LogP contribution in [0.1, 0.15) is 42.5 Å². The quantitative estimate of drug-likeness (QED) is 0.332. The molecule has 3 rings (SSSR count). The average molecular weight is 507 g/mol. The van der Waals surface area contributed by atoms with Crippen LogP contribution in [0.3, 0.4) is 0 Å². The Morgan fingerprint density at radius 2 is 1.64 bits per heavy atom. The van der Waals surface area contributed by atoms with Gasteiger partial charge in [-0.25, -0.2) is 4.39 Å². The molecule has 0 aliphatic heterocycles. The molecule has 190 valence electrons. The van der Waals surface area contributed by atoms with Gasteiger partial charge in [0.1, 0.15) is 11.9 Å². The molecule has 0 saturated carbocycles. The topological polar surface area (TPSA) is 49.4 Å². The van der Waals surface area contributed by atoms with Gasteiger partial charge in [0.25, 0.3) is 0 Å². The summed E-state index contributed by atoms with van der Waals surface area (Å²) in [6, 6.07) is 23.4. The van der Waals surface area contributed by atoms with Gasteiger partial charge >= 0.3 is 0 Å². The largest absolute Gasteiger partial charge is 0.352 e. The molecular weight excluding hydrogens is 471 g/mol. The lowest BCUT2D eigenvalue weighted by molar-refractivity contribution is -0.139. The molecule has 0 unspecified atom stereocenters. The van der Waals surface area contributed by atoms with E-state index in [4.69, 9.17) is 0 Å². The number of amides is 2. The Balaban J connectivity index is 1.85. The molecular formula is C30H35FN2O2S. The Morgan fingerprint density at radius 1 is 0.944 bits per heavy atom. The molecule has 6 heteroatoms. The van der Waals surface area contributed by atoms with E-state index in [9.17, 15) is 14.0 Å². The van der Waals surface area contributed by atoms with Crippen molar-refractivity contribution in [2.24, 2.45) is 0 Å². The minimum atomic E-state index is -0.682. The van der Waals surface area contributed by atoms with Crippen molar-refractivity contribution in [2.45, 2.75) is 58.0 Å². The lowest BCUT2D eigenvalue weighted by Crippen LogP contribution is -2.52. The lowest BCUT2D eigenvalue weighted by Gasteiger charge is -2.32. The molecule has 4 nitrogen and oxygen atoms in total. The van der Waals surface area contributed by atoms with E-state index < -0.39 is 6.04 Å². The fourth-order valence-electron chi connectivity index (χ4n) is 3.92. The molecule has 0 aromatic heterocycles. The number of aryl methyl sites for hydroxylation is 1. The summed E-state index contributed by atoms with van der Waals surface area (Å²) >= 11 is 1.54. The van der Waals surface area contributed by atoms with Crippen molar-refractivity contribution in [3.05, 3.63) is 107 Å². The van der Waals surface area contributed by atoms with Crippen molar-refractivity contribution in [1.29, 1.82) is 0 Å². The van der Waals surface area contributed by atoms with Crippen LogP contribution < -0.4 is 5.32 Å². The van der Waals surface area contributed by atoms with E-state index in [1.807, 2.05) is 63.2 Å². The molecule has 0 fully saturated rings. The second kappa shape index (κ2) is 13.8. The van der Waals surface area contributed by atoms with Gasteiger partial charge in [-0.15, -0.1) is 11.8 Å². The second-order valence-corrected chi connectivity index (χ2v) is 10.1. The molecule has 1 N–H and O–H groups in total. The van der Waals surface area contributed by atoms with E-state index in [1.54, 1.807) is 17.0 Å². The first kappa shape index (κ1) is 27.5. The maximum atomic E-state index is 13.6. The smallest absolute Gasteiger partial charge is 0.243 e. The Kier molecular flexibility index (Phi) is 10.6. The number of nitrogens with one attached hydrogen (secondary N) is 1. The molecule has 3 aromatic carbocycles. The van der Waals surface area contributed by atoms with Gasteiger partial charge in [-0.05, 0) is 49.1 Å². The lowest BCUT2D eigenvalue weighted by atomic mass is 10.0. The van der Waals surface area contributed by atoms with Crippen molar-refractivity contribution in [3.63, 3.8) is 0 Å². The third-order valence-electron chi connectivity index (χ3n) is 6.12. The molecule has 0 aliphatic rings. The van der Waals surface area contributed by atoms with Crippen molar-refractivity contribution < 1.29 is 14.0 Å². The highest BCUT2D eigenvalue weighted by atomic mass is 32.2. The predicted octanol–water partition coefficient (Wildman–Crippen LogP) is 5.92. The third-order valence-corrected chi connectivity index (χ3v) is 7.10. The standard InChI is InChI=1S/C30H35FN2O2S/c1-4-23(3)32-30(35)28(18-24-10-6-5-7-11-24)33(19-25-13-15-27(31)16-14-25)29(34)21-36-20-26-12-8-9-22(2)17-26/h5-17,23,28H,4,18-21H2,1-3H3,(H,32,35)/t23-,28-/m0/s1. The van der Waals surface area contributed by atoms with Crippen molar-refractivity contribution in [2.75, 3.05) is 5.75 Å². The predicted molar refractivity (Wildman–Crippen MR) is 146 cm³/mol. The van der Waals surface area contributed by atoms with Gasteiger partial charge in [0.2, 0.25) is 11.8 Å². The summed E-state index contributed by atoms with van der Waals surface area (Å²) in [6.45, 7) is 6.26. The van der Waals surface area contributed by atoms with Crippen LogP contribution in [0, 0.1) is 12.7 Å². The molecule has 36 heavy (non-hydrogen) atoms. The Labute approximate surface area is 218 Å². The first-order valence-corrected chi connectivity index (χ1v) is 13.5.